The molecule has 1 fully saturated rings. The number of rotatable bonds is 7. The van der Waals surface area contributed by atoms with Gasteiger partial charge in [0.15, 0.2) is 9.84 Å². The molecule has 0 spiro atoms. The zero-order valence-corrected chi connectivity index (χ0v) is 18.6. The van der Waals surface area contributed by atoms with Crippen LogP contribution in [0.1, 0.15) is 12.8 Å². The Kier molecular flexibility index (Phi) is 6.36. The van der Waals surface area contributed by atoms with Gasteiger partial charge in [0.2, 0.25) is 17.5 Å². The van der Waals surface area contributed by atoms with Crippen LogP contribution >= 0.6 is 0 Å². The Morgan fingerprint density at radius 1 is 1.09 bits per heavy atom. The summed E-state index contributed by atoms with van der Waals surface area (Å²) >= 11 is 0. The lowest BCUT2D eigenvalue weighted by molar-refractivity contribution is -0.383. The van der Waals surface area contributed by atoms with E-state index in [1.54, 1.807) is 12.3 Å². The third-order valence-electron chi connectivity index (χ3n) is 5.20. The average molecular weight is 471 g/mol. The van der Waals surface area contributed by atoms with E-state index in [9.17, 15) is 18.5 Å². The second-order valence-corrected chi connectivity index (χ2v) is 9.56. The second kappa shape index (κ2) is 9.36. The predicted octanol–water partition coefficient (Wildman–Crippen LogP) is 2.97. The minimum Gasteiger partial charge on any atom is -0.474 e. The Morgan fingerprint density at radius 2 is 1.82 bits per heavy atom. The highest BCUT2D eigenvalue weighted by Crippen LogP contribution is 2.35. The van der Waals surface area contributed by atoms with Gasteiger partial charge in [0, 0.05) is 50.1 Å². The van der Waals surface area contributed by atoms with E-state index >= 15 is 0 Å². The fourth-order valence-electron chi connectivity index (χ4n) is 3.56. The van der Waals surface area contributed by atoms with Crippen LogP contribution < -0.4 is 15.0 Å². The number of sulfone groups is 1. The summed E-state index contributed by atoms with van der Waals surface area (Å²) < 4.78 is 29.2. The van der Waals surface area contributed by atoms with Crippen LogP contribution in [0.5, 0.6) is 5.88 Å². The lowest BCUT2D eigenvalue weighted by Gasteiger charge is -2.32. The number of nitro groups is 1. The summed E-state index contributed by atoms with van der Waals surface area (Å²) in [4.78, 5) is 25.8. The number of hydrogen-bond acceptors (Lipinski definition) is 10. The van der Waals surface area contributed by atoms with E-state index in [0.717, 1.165) is 6.26 Å². The van der Waals surface area contributed by atoms with Gasteiger partial charge in [-0.3, -0.25) is 10.1 Å². The van der Waals surface area contributed by atoms with Crippen LogP contribution in [0.15, 0.2) is 59.9 Å². The molecule has 0 radical (unpaired) electrons. The summed E-state index contributed by atoms with van der Waals surface area (Å²) in [6.07, 6.45) is 5.33. The molecule has 0 unspecified atom stereocenters. The smallest absolute Gasteiger partial charge is 0.353 e. The van der Waals surface area contributed by atoms with Gasteiger partial charge in [0.05, 0.1) is 9.82 Å². The molecule has 172 valence electrons. The molecule has 1 aromatic carbocycles. The number of nitrogens with one attached hydrogen (secondary N) is 1. The molecule has 3 aromatic rings. The molecule has 4 rings (SSSR count). The van der Waals surface area contributed by atoms with Crippen molar-refractivity contribution in [3.8, 4) is 5.88 Å². The summed E-state index contributed by atoms with van der Waals surface area (Å²) in [5, 5.41) is 14.8. The van der Waals surface area contributed by atoms with E-state index in [2.05, 4.69) is 20.3 Å². The first-order chi connectivity index (χ1) is 15.8. The van der Waals surface area contributed by atoms with E-state index in [4.69, 9.17) is 4.74 Å². The Morgan fingerprint density at radius 3 is 2.42 bits per heavy atom. The van der Waals surface area contributed by atoms with Gasteiger partial charge in [-0.2, -0.15) is 0 Å². The Bertz CT molecular complexity index is 1230. The van der Waals surface area contributed by atoms with Gasteiger partial charge in [0.1, 0.15) is 12.4 Å². The van der Waals surface area contributed by atoms with Crippen molar-refractivity contribution in [2.24, 2.45) is 0 Å². The lowest BCUT2D eigenvalue weighted by atomic mass is 10.1. The molecule has 0 bridgehead atoms. The Labute approximate surface area is 190 Å². The van der Waals surface area contributed by atoms with Crippen LogP contribution in [0, 0.1) is 10.1 Å². The van der Waals surface area contributed by atoms with Crippen molar-refractivity contribution < 1.29 is 18.1 Å². The van der Waals surface area contributed by atoms with E-state index in [1.807, 2.05) is 17.0 Å². The summed E-state index contributed by atoms with van der Waals surface area (Å²) in [5.41, 5.74) is 0.228. The molecule has 0 amide bonds. The topological polar surface area (TPSA) is 140 Å². The van der Waals surface area contributed by atoms with Crippen molar-refractivity contribution in [1.29, 1.82) is 0 Å². The predicted molar refractivity (Wildman–Crippen MR) is 122 cm³/mol. The first-order valence-corrected chi connectivity index (χ1v) is 12.1. The quantitative estimate of drug-likeness (QED) is 0.405. The maximum absolute atomic E-state index is 11.9. The Balaban J connectivity index is 1.50. The first kappa shape index (κ1) is 22.4. The zero-order chi connectivity index (χ0) is 23.4. The summed E-state index contributed by atoms with van der Waals surface area (Å²) in [5.74, 6) is 0.808. The van der Waals surface area contributed by atoms with Crippen LogP contribution in [0.2, 0.25) is 0 Å². The number of benzene rings is 1. The molecule has 0 atom stereocenters. The number of ether oxygens (including phenoxy) is 1. The lowest BCUT2D eigenvalue weighted by Crippen LogP contribution is -2.39. The van der Waals surface area contributed by atoms with Gasteiger partial charge in [0.25, 0.3) is 0 Å². The molecular weight excluding hydrogens is 448 g/mol. The average Bonchev–Trinajstić information content (AvgIpc) is 2.80. The van der Waals surface area contributed by atoms with Crippen LogP contribution in [0.3, 0.4) is 0 Å². The molecule has 0 saturated carbocycles. The number of piperidine rings is 1. The van der Waals surface area contributed by atoms with E-state index in [0.29, 0.717) is 37.5 Å². The van der Waals surface area contributed by atoms with Crippen molar-refractivity contribution in [3.63, 3.8) is 0 Å². The molecular formula is C21H22N6O5S. The minimum absolute atomic E-state index is 0.0314. The number of nitrogens with zero attached hydrogens (tertiary/aromatic N) is 5. The molecule has 1 saturated heterocycles. The highest BCUT2D eigenvalue weighted by molar-refractivity contribution is 7.90. The number of pyridine rings is 1. The van der Waals surface area contributed by atoms with Crippen LogP contribution in [0.25, 0.3) is 0 Å². The molecule has 3 heterocycles. The van der Waals surface area contributed by atoms with Crippen LogP contribution in [-0.4, -0.2) is 53.7 Å². The molecule has 1 N–H and O–H groups in total. The van der Waals surface area contributed by atoms with Gasteiger partial charge < -0.3 is 15.0 Å². The summed E-state index contributed by atoms with van der Waals surface area (Å²) in [7, 11) is -3.34. The molecule has 1 aliphatic rings. The fraction of sp³-hybridized carbons (Fsp3) is 0.286. The SMILES string of the molecule is CS(=O)(=O)c1ccc(Nc2ncnc(N3CCC(Oc4ccccn4)CC3)c2[N+](=O)[O-])cc1. The molecule has 2 aromatic heterocycles. The maximum Gasteiger partial charge on any atom is 0.353 e. The van der Waals surface area contributed by atoms with Gasteiger partial charge >= 0.3 is 5.69 Å². The van der Waals surface area contributed by atoms with Gasteiger partial charge in [-0.25, -0.2) is 23.4 Å². The number of aromatic nitrogens is 3. The number of anilines is 3. The summed E-state index contributed by atoms with van der Waals surface area (Å²) in [6, 6.07) is 11.4. The highest BCUT2D eigenvalue weighted by Gasteiger charge is 2.30. The van der Waals surface area contributed by atoms with Gasteiger partial charge in [-0.15, -0.1) is 0 Å². The highest BCUT2D eigenvalue weighted by atomic mass is 32.2. The molecule has 12 heteroatoms. The zero-order valence-electron chi connectivity index (χ0n) is 17.8. The van der Waals surface area contributed by atoms with Crippen LogP contribution in [0.4, 0.5) is 23.0 Å². The monoisotopic (exact) mass is 470 g/mol. The second-order valence-electron chi connectivity index (χ2n) is 7.55. The third-order valence-corrected chi connectivity index (χ3v) is 6.33. The fourth-order valence-corrected chi connectivity index (χ4v) is 4.19. The molecule has 11 nitrogen and oxygen atoms in total. The molecule has 0 aliphatic carbocycles. The van der Waals surface area contributed by atoms with Crippen molar-refractivity contribution in [1.82, 2.24) is 15.0 Å². The van der Waals surface area contributed by atoms with Crippen molar-refractivity contribution in [3.05, 3.63) is 65.1 Å². The number of hydrogen-bond donors (Lipinski definition) is 1. The largest absolute Gasteiger partial charge is 0.474 e. The minimum atomic E-state index is -3.34. The van der Waals surface area contributed by atoms with E-state index in [-0.39, 0.29) is 28.3 Å². The van der Waals surface area contributed by atoms with Crippen molar-refractivity contribution in [2.45, 2.75) is 23.8 Å². The maximum atomic E-state index is 11.9. The van der Waals surface area contributed by atoms with E-state index in [1.165, 1.54) is 30.6 Å². The van der Waals surface area contributed by atoms with Crippen molar-refractivity contribution >= 4 is 32.8 Å². The Hall–Kier alpha value is -3.80. The molecule has 1 aliphatic heterocycles. The van der Waals surface area contributed by atoms with Crippen LogP contribution in [-0.2, 0) is 9.84 Å². The van der Waals surface area contributed by atoms with E-state index < -0.39 is 14.8 Å². The first-order valence-electron chi connectivity index (χ1n) is 10.2. The van der Waals surface area contributed by atoms with Gasteiger partial charge in [-0.05, 0) is 30.3 Å². The van der Waals surface area contributed by atoms with Gasteiger partial charge in [-0.1, -0.05) is 6.07 Å². The summed E-state index contributed by atoms with van der Waals surface area (Å²) in [6.45, 7) is 1.05. The van der Waals surface area contributed by atoms with Crippen molar-refractivity contribution in [2.75, 3.05) is 29.6 Å². The third kappa shape index (κ3) is 5.34. The molecule has 33 heavy (non-hydrogen) atoms. The standard InChI is InChI=1S/C21H22N6O5S/c1-33(30,31)17-7-5-15(6-8-17)25-20-19(27(28)29)21(24-14-23-20)26-12-9-16(10-13-26)32-18-4-2-3-11-22-18/h2-8,11,14,16H,9-10,12-13H2,1H3,(H,23,24,25). The normalized spacial score (nSPS) is 14.6.